The van der Waals surface area contributed by atoms with Gasteiger partial charge in [-0.15, -0.1) is 0 Å². The molecule has 2 nitrogen and oxygen atoms in total. The van der Waals surface area contributed by atoms with Crippen molar-refractivity contribution in [3.63, 3.8) is 0 Å². The Balaban J connectivity index is 1.95. The second-order valence-corrected chi connectivity index (χ2v) is 18.7. The van der Waals surface area contributed by atoms with Crippen molar-refractivity contribution in [2.24, 2.45) is 0 Å². The molecule has 0 atom stereocenters. The van der Waals surface area contributed by atoms with Crippen LogP contribution < -0.4 is 16.6 Å². The number of hydrogen-bond donors (Lipinski definition) is 0. The van der Waals surface area contributed by atoms with Crippen molar-refractivity contribution in [1.29, 1.82) is 0 Å². The molecule has 0 heterocycles. The fourth-order valence-electron chi connectivity index (χ4n) is 4.24. The predicted octanol–water partition coefficient (Wildman–Crippen LogP) is 5.26. The van der Waals surface area contributed by atoms with Crippen LogP contribution in [0.15, 0.2) is 152 Å². The molecule has 0 amide bonds. The topological polar surface area (TPSA) is 18.5 Å². The average molecular weight is 539 g/mol. The van der Waals surface area contributed by atoms with Crippen LogP contribution >= 0.6 is 0 Å². The van der Waals surface area contributed by atoms with Gasteiger partial charge in [-0.3, -0.25) is 0 Å². The summed E-state index contributed by atoms with van der Waals surface area (Å²) in [4.78, 5) is 0. The molecule has 3 heteroatoms. The molecule has 33 heavy (non-hydrogen) atoms. The van der Waals surface area contributed by atoms with Gasteiger partial charge in [0.25, 0.3) is 0 Å². The van der Waals surface area contributed by atoms with Gasteiger partial charge in [-0.1, -0.05) is 0 Å². The monoisotopic (exact) mass is 538 g/mol. The summed E-state index contributed by atoms with van der Waals surface area (Å²) in [6.45, 7) is 0. The second-order valence-electron chi connectivity index (χ2n) is 7.77. The molecule has 0 saturated carbocycles. The van der Waals surface area contributed by atoms with Crippen molar-refractivity contribution in [1.82, 2.24) is 0 Å². The Morgan fingerprint density at radius 1 is 0.303 bits per heavy atom. The molecule has 0 aliphatic heterocycles. The fourth-order valence-corrected chi connectivity index (χ4v) is 17.8. The Hall–Kier alpha value is -3.48. The predicted molar refractivity (Wildman–Crippen MR) is 138 cm³/mol. The van der Waals surface area contributed by atoms with Crippen molar-refractivity contribution < 1.29 is 6.03 Å². The molecule has 0 unspecified atom stereocenters. The van der Waals surface area contributed by atoms with Crippen molar-refractivity contribution in [3.05, 3.63) is 152 Å². The van der Waals surface area contributed by atoms with E-state index in [-0.39, 0.29) is 0 Å². The van der Waals surface area contributed by atoms with Gasteiger partial charge in [-0.25, -0.2) is 0 Å². The van der Waals surface area contributed by atoms with Crippen LogP contribution in [0.1, 0.15) is 0 Å². The second kappa shape index (κ2) is 9.17. The van der Waals surface area contributed by atoms with Crippen molar-refractivity contribution in [2.45, 2.75) is 0 Å². The van der Waals surface area contributed by atoms with Crippen LogP contribution in [0.25, 0.3) is 0 Å². The molecule has 0 fully saturated rings. The molecule has 5 rings (SSSR count). The molecule has 5 aromatic rings. The van der Waals surface area contributed by atoms with Gasteiger partial charge in [-0.2, -0.15) is 0 Å². The third-order valence-electron chi connectivity index (χ3n) is 5.72. The Labute approximate surface area is 197 Å². The van der Waals surface area contributed by atoms with E-state index in [1.807, 2.05) is 78.9 Å². The summed E-state index contributed by atoms with van der Waals surface area (Å²) in [7, 11) is 0. The van der Waals surface area contributed by atoms with E-state index in [0.717, 1.165) is 22.0 Å². The van der Waals surface area contributed by atoms with Crippen molar-refractivity contribution >= 4 is 28.8 Å². The summed E-state index contributed by atoms with van der Waals surface area (Å²) >= 11 is -5.15. The molecule has 0 aliphatic carbocycles. The summed E-state index contributed by atoms with van der Waals surface area (Å²) in [6.07, 6.45) is 0. The molecule has 0 N–H and O–H groups in total. The van der Waals surface area contributed by atoms with E-state index in [9.17, 15) is 0 Å². The van der Waals surface area contributed by atoms with Crippen molar-refractivity contribution in [3.8, 4) is 11.5 Å². The number of benzene rings is 5. The molecule has 0 spiro atoms. The number of para-hydroxylation sites is 2. The summed E-state index contributed by atoms with van der Waals surface area (Å²) in [6, 6.07) is 51.4. The van der Waals surface area contributed by atoms with Gasteiger partial charge in [0.05, 0.1) is 0 Å². The Bertz CT molecular complexity index is 1150. The molecular formula is C30H25O2Sb. The van der Waals surface area contributed by atoms with E-state index in [1.165, 1.54) is 0 Å². The van der Waals surface area contributed by atoms with Crippen LogP contribution in [0.3, 0.4) is 0 Å². The Morgan fingerprint density at radius 3 is 0.818 bits per heavy atom. The molecule has 0 bridgehead atoms. The SMILES string of the molecule is c1ccc([O][Sb]([O]c2ccccc2)([c]2ccccc2)([c]2ccccc2)[c]2ccccc2)cc1. The van der Waals surface area contributed by atoms with Crippen LogP contribution in [-0.2, 0) is 0 Å². The Morgan fingerprint density at radius 2 is 0.545 bits per heavy atom. The third-order valence-corrected chi connectivity index (χ3v) is 19.5. The summed E-state index contributed by atoms with van der Waals surface area (Å²) in [5.41, 5.74) is 0. The first-order valence-corrected chi connectivity index (χ1v) is 16.9. The standard InChI is InChI=1S/2C6H6O.3C6H5.Sb/c2*7-6-4-2-1-3-5-6;3*1-2-4-6-5-3-1;/h2*1-5,7H;3*1-5H;/q;;;;;+2/p-2. The quantitative estimate of drug-likeness (QED) is 0.263. The van der Waals surface area contributed by atoms with Gasteiger partial charge in [-0.05, 0) is 0 Å². The van der Waals surface area contributed by atoms with E-state index >= 15 is 0 Å². The number of rotatable bonds is 7. The van der Waals surface area contributed by atoms with E-state index < -0.39 is 18.2 Å². The number of hydrogen-bond acceptors (Lipinski definition) is 2. The van der Waals surface area contributed by atoms with Gasteiger partial charge in [0.1, 0.15) is 0 Å². The zero-order valence-corrected chi connectivity index (χ0v) is 20.8. The van der Waals surface area contributed by atoms with E-state index in [2.05, 4.69) is 72.8 Å². The summed E-state index contributed by atoms with van der Waals surface area (Å²) in [5.74, 6) is 1.57. The first-order valence-electron chi connectivity index (χ1n) is 11.0. The van der Waals surface area contributed by atoms with Gasteiger partial charge >= 0.3 is 198 Å². The van der Waals surface area contributed by atoms with E-state index in [4.69, 9.17) is 6.03 Å². The van der Waals surface area contributed by atoms with E-state index in [0.29, 0.717) is 0 Å². The molecule has 5 aromatic carbocycles. The normalized spacial score (nSPS) is 12.3. The molecule has 0 aliphatic rings. The third kappa shape index (κ3) is 3.81. The fraction of sp³-hybridized carbons (Fsp3) is 0. The maximum absolute atomic E-state index is 7.33. The summed E-state index contributed by atoms with van der Waals surface area (Å²) < 4.78 is 17.9. The zero-order chi connectivity index (χ0) is 22.4. The Kier molecular flexibility index (Phi) is 5.94. The van der Waals surface area contributed by atoms with Gasteiger partial charge in [0, 0.05) is 0 Å². The van der Waals surface area contributed by atoms with Crippen LogP contribution in [-0.4, -0.2) is 18.2 Å². The zero-order valence-electron chi connectivity index (χ0n) is 18.2. The summed E-state index contributed by atoms with van der Waals surface area (Å²) in [5, 5.41) is 0. The minimum atomic E-state index is -5.15. The van der Waals surface area contributed by atoms with Crippen LogP contribution in [0.4, 0.5) is 0 Å². The first kappa shape index (κ1) is 21.4. The van der Waals surface area contributed by atoms with Crippen LogP contribution in [0.2, 0.25) is 0 Å². The molecular weight excluding hydrogens is 514 g/mol. The van der Waals surface area contributed by atoms with E-state index in [1.54, 1.807) is 0 Å². The molecule has 0 saturated heterocycles. The van der Waals surface area contributed by atoms with Gasteiger partial charge < -0.3 is 0 Å². The first-order chi connectivity index (χ1) is 16.3. The average Bonchev–Trinajstić information content (AvgIpc) is 2.91. The van der Waals surface area contributed by atoms with Crippen LogP contribution in [0, 0.1) is 0 Å². The van der Waals surface area contributed by atoms with Gasteiger partial charge in [0.15, 0.2) is 0 Å². The molecule has 0 radical (unpaired) electrons. The van der Waals surface area contributed by atoms with Gasteiger partial charge in [0.2, 0.25) is 0 Å². The molecule has 162 valence electrons. The molecule has 0 aromatic heterocycles. The maximum atomic E-state index is 7.33. The van der Waals surface area contributed by atoms with Crippen LogP contribution in [0.5, 0.6) is 11.5 Å². The minimum absolute atomic E-state index is 0.784. The van der Waals surface area contributed by atoms with Crippen molar-refractivity contribution in [2.75, 3.05) is 0 Å².